The van der Waals surface area contributed by atoms with Gasteiger partial charge in [0.1, 0.15) is 6.33 Å². The average molecular weight is 336 g/mol. The summed E-state index contributed by atoms with van der Waals surface area (Å²) in [5.41, 5.74) is 0.724. The first-order valence-corrected chi connectivity index (χ1v) is 9.11. The first-order valence-electron chi connectivity index (χ1n) is 7.67. The van der Waals surface area contributed by atoms with Crippen LogP contribution in [0, 0.1) is 0 Å². The van der Waals surface area contributed by atoms with Gasteiger partial charge in [0.25, 0.3) is 0 Å². The molecule has 8 nitrogen and oxygen atoms in total. The summed E-state index contributed by atoms with van der Waals surface area (Å²) < 4.78 is 28.5. The van der Waals surface area contributed by atoms with Crippen molar-refractivity contribution in [1.29, 1.82) is 0 Å². The minimum Gasteiger partial charge on any atom is -0.301 e. The van der Waals surface area contributed by atoms with Crippen molar-refractivity contribution < 1.29 is 8.42 Å². The minimum atomic E-state index is -3.44. The summed E-state index contributed by atoms with van der Waals surface area (Å²) in [6, 6.07) is 6.61. The lowest BCUT2D eigenvalue weighted by Crippen LogP contribution is -2.48. The van der Waals surface area contributed by atoms with Crippen molar-refractivity contribution >= 4 is 10.0 Å². The van der Waals surface area contributed by atoms with E-state index in [-0.39, 0.29) is 0 Å². The second-order valence-electron chi connectivity index (χ2n) is 5.49. The first kappa shape index (κ1) is 16.0. The van der Waals surface area contributed by atoms with Crippen LogP contribution in [0.5, 0.6) is 0 Å². The summed E-state index contributed by atoms with van der Waals surface area (Å²) in [6.07, 6.45) is 2.56. The standard InChI is InChI=1S/C14H20N6O2S/c1-2-7-18-8-10-19(11-9-18)23(21,22)14-5-3-13(4-6-14)20-12-15-16-17-20/h3-6,12H,2,7-11H2,1H3. The maximum atomic E-state index is 12.7. The molecule has 1 aliphatic rings. The maximum absolute atomic E-state index is 12.7. The number of rotatable bonds is 5. The van der Waals surface area contributed by atoms with Crippen molar-refractivity contribution in [3.8, 4) is 5.69 Å². The zero-order chi connectivity index (χ0) is 16.3. The Bertz CT molecular complexity index is 721. The van der Waals surface area contributed by atoms with Crippen LogP contribution in [-0.2, 0) is 10.0 Å². The van der Waals surface area contributed by atoms with Gasteiger partial charge in [-0.05, 0) is 47.7 Å². The van der Waals surface area contributed by atoms with Crippen molar-refractivity contribution in [2.45, 2.75) is 18.2 Å². The van der Waals surface area contributed by atoms with Crippen LogP contribution in [-0.4, -0.2) is 70.6 Å². The van der Waals surface area contributed by atoms with Gasteiger partial charge < -0.3 is 4.90 Å². The van der Waals surface area contributed by atoms with Crippen molar-refractivity contribution in [3.63, 3.8) is 0 Å². The Balaban J connectivity index is 1.73. The quantitative estimate of drug-likeness (QED) is 0.785. The molecule has 0 saturated carbocycles. The molecule has 0 aliphatic carbocycles. The molecule has 0 atom stereocenters. The van der Waals surface area contributed by atoms with E-state index in [1.54, 1.807) is 28.6 Å². The lowest BCUT2D eigenvalue weighted by molar-refractivity contribution is 0.188. The first-order chi connectivity index (χ1) is 11.1. The molecule has 0 amide bonds. The molecule has 0 spiro atoms. The molecule has 2 aromatic rings. The van der Waals surface area contributed by atoms with E-state index < -0.39 is 10.0 Å². The molecular formula is C14H20N6O2S. The van der Waals surface area contributed by atoms with E-state index in [0.717, 1.165) is 31.7 Å². The smallest absolute Gasteiger partial charge is 0.243 e. The minimum absolute atomic E-state index is 0.304. The number of tetrazole rings is 1. The molecule has 0 N–H and O–H groups in total. The van der Waals surface area contributed by atoms with Gasteiger partial charge in [0, 0.05) is 26.2 Å². The Kier molecular flexibility index (Phi) is 4.69. The van der Waals surface area contributed by atoms with Crippen molar-refractivity contribution in [1.82, 2.24) is 29.4 Å². The predicted molar refractivity (Wildman–Crippen MR) is 84.6 cm³/mol. The van der Waals surface area contributed by atoms with Crippen LogP contribution in [0.15, 0.2) is 35.5 Å². The lowest BCUT2D eigenvalue weighted by atomic mass is 10.3. The molecule has 1 aromatic heterocycles. The Morgan fingerprint density at radius 1 is 1.09 bits per heavy atom. The van der Waals surface area contributed by atoms with Crippen LogP contribution in [0.2, 0.25) is 0 Å². The number of sulfonamides is 1. The highest BCUT2D eigenvalue weighted by Gasteiger charge is 2.28. The van der Waals surface area contributed by atoms with Crippen LogP contribution >= 0.6 is 0 Å². The highest BCUT2D eigenvalue weighted by Crippen LogP contribution is 2.19. The van der Waals surface area contributed by atoms with Crippen molar-refractivity contribution in [2.75, 3.05) is 32.7 Å². The Morgan fingerprint density at radius 2 is 1.78 bits per heavy atom. The zero-order valence-electron chi connectivity index (χ0n) is 13.0. The fourth-order valence-electron chi connectivity index (χ4n) is 2.71. The molecule has 23 heavy (non-hydrogen) atoms. The monoisotopic (exact) mass is 336 g/mol. The molecule has 2 heterocycles. The third kappa shape index (κ3) is 3.41. The number of nitrogens with zero attached hydrogens (tertiary/aromatic N) is 6. The highest BCUT2D eigenvalue weighted by atomic mass is 32.2. The van der Waals surface area contributed by atoms with E-state index in [0.29, 0.717) is 18.0 Å². The summed E-state index contributed by atoms with van der Waals surface area (Å²) in [5.74, 6) is 0. The topological polar surface area (TPSA) is 84.2 Å². The fraction of sp³-hybridized carbons (Fsp3) is 0.500. The summed E-state index contributed by atoms with van der Waals surface area (Å²) >= 11 is 0. The normalized spacial score (nSPS) is 17.4. The lowest BCUT2D eigenvalue weighted by Gasteiger charge is -2.33. The number of aromatic nitrogens is 4. The highest BCUT2D eigenvalue weighted by molar-refractivity contribution is 7.89. The molecule has 3 rings (SSSR count). The Hall–Kier alpha value is -1.84. The van der Waals surface area contributed by atoms with Crippen LogP contribution in [0.25, 0.3) is 5.69 Å². The number of hydrogen-bond donors (Lipinski definition) is 0. The van der Waals surface area contributed by atoms with E-state index in [1.165, 1.54) is 11.0 Å². The molecule has 1 aromatic carbocycles. The SMILES string of the molecule is CCCN1CCN(S(=O)(=O)c2ccc(-n3cnnn3)cc2)CC1. The van der Waals surface area contributed by atoms with E-state index >= 15 is 0 Å². The van der Waals surface area contributed by atoms with E-state index in [4.69, 9.17) is 0 Å². The molecule has 0 bridgehead atoms. The Morgan fingerprint density at radius 3 is 2.35 bits per heavy atom. The number of benzene rings is 1. The number of hydrogen-bond acceptors (Lipinski definition) is 6. The van der Waals surface area contributed by atoms with Crippen LogP contribution in [0.1, 0.15) is 13.3 Å². The van der Waals surface area contributed by atoms with Gasteiger partial charge in [0.2, 0.25) is 10.0 Å². The van der Waals surface area contributed by atoms with E-state index in [9.17, 15) is 8.42 Å². The second-order valence-corrected chi connectivity index (χ2v) is 7.43. The molecule has 1 fully saturated rings. The summed E-state index contributed by atoms with van der Waals surface area (Å²) in [5, 5.41) is 10.9. The molecule has 1 aliphatic heterocycles. The fourth-order valence-corrected chi connectivity index (χ4v) is 4.13. The van der Waals surface area contributed by atoms with E-state index in [2.05, 4.69) is 27.3 Å². The molecule has 0 unspecified atom stereocenters. The molecular weight excluding hydrogens is 316 g/mol. The van der Waals surface area contributed by atoms with Crippen molar-refractivity contribution in [3.05, 3.63) is 30.6 Å². The van der Waals surface area contributed by atoms with Gasteiger partial charge in [-0.2, -0.15) is 4.31 Å². The van der Waals surface area contributed by atoms with Crippen molar-refractivity contribution in [2.24, 2.45) is 0 Å². The third-order valence-corrected chi connectivity index (χ3v) is 5.87. The average Bonchev–Trinajstić information content (AvgIpc) is 3.10. The molecule has 9 heteroatoms. The third-order valence-electron chi connectivity index (χ3n) is 3.96. The number of piperazine rings is 1. The largest absolute Gasteiger partial charge is 0.301 e. The van der Waals surface area contributed by atoms with Gasteiger partial charge in [-0.1, -0.05) is 6.92 Å². The van der Waals surface area contributed by atoms with Gasteiger partial charge >= 0.3 is 0 Å². The Labute approximate surface area is 135 Å². The second kappa shape index (κ2) is 6.73. The summed E-state index contributed by atoms with van der Waals surface area (Å²) in [4.78, 5) is 2.60. The molecule has 124 valence electrons. The van der Waals surface area contributed by atoms with Crippen LogP contribution in [0.3, 0.4) is 0 Å². The van der Waals surface area contributed by atoms with Gasteiger partial charge in [0.05, 0.1) is 10.6 Å². The van der Waals surface area contributed by atoms with Gasteiger partial charge in [-0.15, -0.1) is 5.10 Å². The van der Waals surface area contributed by atoms with Crippen LogP contribution in [0.4, 0.5) is 0 Å². The molecule has 1 saturated heterocycles. The summed E-state index contributed by atoms with van der Waals surface area (Å²) in [6.45, 7) is 5.81. The van der Waals surface area contributed by atoms with Gasteiger partial charge in [0.15, 0.2) is 0 Å². The van der Waals surface area contributed by atoms with Gasteiger partial charge in [-0.3, -0.25) is 0 Å². The van der Waals surface area contributed by atoms with Crippen LogP contribution < -0.4 is 0 Å². The maximum Gasteiger partial charge on any atom is 0.243 e. The molecule has 0 radical (unpaired) electrons. The van der Waals surface area contributed by atoms with Gasteiger partial charge in [-0.25, -0.2) is 13.1 Å². The predicted octanol–water partition coefficient (Wildman–Crippen LogP) is 0.379. The summed E-state index contributed by atoms with van der Waals surface area (Å²) in [7, 11) is -3.44. The zero-order valence-corrected chi connectivity index (χ0v) is 13.9. The van der Waals surface area contributed by atoms with E-state index in [1.807, 2.05) is 0 Å².